The normalized spacial score (nSPS) is 21.6. The van der Waals surface area contributed by atoms with Crippen molar-refractivity contribution < 1.29 is 4.74 Å². The summed E-state index contributed by atoms with van der Waals surface area (Å²) in [5.41, 5.74) is 4.03. The van der Waals surface area contributed by atoms with Gasteiger partial charge in [0.05, 0.1) is 6.10 Å². The van der Waals surface area contributed by atoms with Crippen LogP contribution in [-0.2, 0) is 4.74 Å². The highest BCUT2D eigenvalue weighted by atomic mass is 32.1. The number of piperazine rings is 1. The van der Waals surface area contributed by atoms with Crippen LogP contribution in [0.5, 0.6) is 0 Å². The van der Waals surface area contributed by atoms with Crippen molar-refractivity contribution in [1.29, 1.82) is 0 Å². The number of hydrogen-bond donors (Lipinski definition) is 1. The molecule has 0 aliphatic carbocycles. The van der Waals surface area contributed by atoms with Crippen LogP contribution >= 0.6 is 12.2 Å². The van der Waals surface area contributed by atoms with Crippen molar-refractivity contribution in [3.05, 3.63) is 29.3 Å². The number of benzene rings is 1. The summed E-state index contributed by atoms with van der Waals surface area (Å²) in [5, 5.41) is 4.26. The Morgan fingerprint density at radius 1 is 1.26 bits per heavy atom. The zero-order chi connectivity index (χ0) is 16.2. The van der Waals surface area contributed by atoms with Crippen LogP contribution in [0.25, 0.3) is 0 Å². The van der Waals surface area contributed by atoms with Gasteiger partial charge < -0.3 is 19.9 Å². The SMILES string of the molecule is Cc1ccc(C)c(N2CCN(C(=S)NC[C@@H]3CCCO3)CC2)c1. The lowest BCUT2D eigenvalue weighted by Gasteiger charge is -2.38. The maximum atomic E-state index is 5.64. The number of nitrogens with zero attached hydrogens (tertiary/aromatic N) is 2. The quantitative estimate of drug-likeness (QED) is 0.858. The second-order valence-corrected chi connectivity index (χ2v) is 6.97. The highest BCUT2D eigenvalue weighted by Gasteiger charge is 2.21. The van der Waals surface area contributed by atoms with E-state index in [2.05, 4.69) is 47.2 Å². The van der Waals surface area contributed by atoms with Crippen LogP contribution in [0.15, 0.2) is 18.2 Å². The zero-order valence-electron chi connectivity index (χ0n) is 14.2. The molecule has 0 saturated carbocycles. The van der Waals surface area contributed by atoms with Gasteiger partial charge in [-0.15, -0.1) is 0 Å². The fourth-order valence-corrected chi connectivity index (χ4v) is 3.59. The van der Waals surface area contributed by atoms with Crippen LogP contribution in [0.4, 0.5) is 5.69 Å². The van der Waals surface area contributed by atoms with Crippen LogP contribution in [0.2, 0.25) is 0 Å². The number of thiocarbonyl (C=S) groups is 1. The van der Waals surface area contributed by atoms with E-state index in [1.807, 2.05) is 0 Å². The summed E-state index contributed by atoms with van der Waals surface area (Å²) in [6, 6.07) is 6.68. The zero-order valence-corrected chi connectivity index (χ0v) is 15.0. The number of rotatable bonds is 3. The summed E-state index contributed by atoms with van der Waals surface area (Å²) < 4.78 is 5.64. The summed E-state index contributed by atoms with van der Waals surface area (Å²) in [5.74, 6) is 0. The van der Waals surface area contributed by atoms with Crippen molar-refractivity contribution in [2.75, 3.05) is 44.2 Å². The van der Waals surface area contributed by atoms with E-state index in [1.165, 1.54) is 23.2 Å². The van der Waals surface area contributed by atoms with Crippen LogP contribution in [0.3, 0.4) is 0 Å². The molecule has 2 heterocycles. The van der Waals surface area contributed by atoms with Crippen molar-refractivity contribution in [3.63, 3.8) is 0 Å². The van der Waals surface area contributed by atoms with E-state index in [4.69, 9.17) is 17.0 Å². The average Bonchev–Trinajstić information content (AvgIpc) is 3.08. The molecule has 2 fully saturated rings. The Kier molecular flexibility index (Phi) is 5.38. The first-order valence-electron chi connectivity index (χ1n) is 8.60. The predicted molar refractivity (Wildman–Crippen MR) is 99.3 cm³/mol. The molecular weight excluding hydrogens is 306 g/mol. The van der Waals surface area contributed by atoms with E-state index >= 15 is 0 Å². The molecule has 23 heavy (non-hydrogen) atoms. The molecule has 3 rings (SSSR count). The Hall–Kier alpha value is -1.33. The minimum Gasteiger partial charge on any atom is -0.376 e. The monoisotopic (exact) mass is 333 g/mol. The van der Waals surface area contributed by atoms with Crippen molar-refractivity contribution in [3.8, 4) is 0 Å². The average molecular weight is 334 g/mol. The predicted octanol–water partition coefficient (Wildman–Crippen LogP) is 2.48. The first-order chi connectivity index (χ1) is 11.1. The standard InChI is InChI=1S/C18H27N3OS/c1-14-5-6-15(2)17(12-14)20-7-9-21(10-8-20)18(23)19-13-16-4-3-11-22-16/h5-6,12,16H,3-4,7-11,13H2,1-2H3,(H,19,23)/t16-/m0/s1. The molecule has 0 bridgehead atoms. The molecule has 0 radical (unpaired) electrons. The highest BCUT2D eigenvalue weighted by molar-refractivity contribution is 7.80. The molecular formula is C18H27N3OS. The molecule has 2 aliphatic heterocycles. The lowest BCUT2D eigenvalue weighted by atomic mass is 10.1. The van der Waals surface area contributed by atoms with Crippen LogP contribution < -0.4 is 10.2 Å². The van der Waals surface area contributed by atoms with E-state index in [0.717, 1.165) is 50.9 Å². The molecule has 1 aromatic carbocycles. The maximum absolute atomic E-state index is 5.64. The van der Waals surface area contributed by atoms with Gasteiger partial charge in [-0.25, -0.2) is 0 Å². The van der Waals surface area contributed by atoms with Crippen molar-refractivity contribution >= 4 is 23.0 Å². The Balaban J connectivity index is 1.49. The van der Waals surface area contributed by atoms with Gasteiger partial charge in [0.2, 0.25) is 0 Å². The lowest BCUT2D eigenvalue weighted by Crippen LogP contribution is -2.52. The smallest absolute Gasteiger partial charge is 0.169 e. The molecule has 0 aromatic heterocycles. The number of nitrogens with one attached hydrogen (secondary N) is 1. The molecule has 1 aromatic rings. The van der Waals surface area contributed by atoms with Crippen molar-refractivity contribution in [2.45, 2.75) is 32.8 Å². The summed E-state index contributed by atoms with van der Waals surface area (Å²) in [6.07, 6.45) is 2.66. The van der Waals surface area contributed by atoms with Crippen LogP contribution in [-0.4, -0.2) is 55.4 Å². The molecule has 1 atom stereocenters. The molecule has 2 aliphatic rings. The number of hydrogen-bond acceptors (Lipinski definition) is 3. The molecule has 4 nitrogen and oxygen atoms in total. The van der Waals surface area contributed by atoms with E-state index in [1.54, 1.807) is 0 Å². The third-order valence-corrected chi connectivity index (χ3v) is 5.18. The largest absolute Gasteiger partial charge is 0.376 e. The highest BCUT2D eigenvalue weighted by Crippen LogP contribution is 2.22. The summed E-state index contributed by atoms with van der Waals surface area (Å²) in [7, 11) is 0. The van der Waals surface area contributed by atoms with Crippen molar-refractivity contribution in [2.24, 2.45) is 0 Å². The van der Waals surface area contributed by atoms with Crippen molar-refractivity contribution in [1.82, 2.24) is 10.2 Å². The van der Waals surface area contributed by atoms with Gasteiger partial charge >= 0.3 is 0 Å². The fraction of sp³-hybridized carbons (Fsp3) is 0.611. The molecule has 0 amide bonds. The number of ether oxygens (including phenoxy) is 1. The molecule has 1 N–H and O–H groups in total. The summed E-state index contributed by atoms with van der Waals surface area (Å²) >= 11 is 5.55. The Morgan fingerprint density at radius 2 is 2.04 bits per heavy atom. The lowest BCUT2D eigenvalue weighted by molar-refractivity contribution is 0.113. The first kappa shape index (κ1) is 16.5. The van der Waals surface area contributed by atoms with Gasteiger partial charge in [-0.05, 0) is 56.1 Å². The van der Waals surface area contributed by atoms with Gasteiger partial charge in [-0.3, -0.25) is 0 Å². The fourth-order valence-electron chi connectivity index (χ4n) is 3.33. The second-order valence-electron chi connectivity index (χ2n) is 6.59. The topological polar surface area (TPSA) is 27.7 Å². The van der Waals surface area contributed by atoms with Gasteiger partial charge in [-0.1, -0.05) is 12.1 Å². The van der Waals surface area contributed by atoms with E-state index in [0.29, 0.717) is 6.10 Å². The summed E-state index contributed by atoms with van der Waals surface area (Å²) in [4.78, 5) is 4.76. The van der Waals surface area contributed by atoms with Gasteiger partial charge in [0.1, 0.15) is 0 Å². The van der Waals surface area contributed by atoms with Gasteiger partial charge in [-0.2, -0.15) is 0 Å². The third kappa shape index (κ3) is 4.15. The molecule has 5 heteroatoms. The Bertz CT molecular complexity index is 549. The minimum absolute atomic E-state index is 0.337. The van der Waals surface area contributed by atoms with Gasteiger partial charge in [0.25, 0.3) is 0 Å². The summed E-state index contributed by atoms with van der Waals surface area (Å²) in [6.45, 7) is 10.1. The second kappa shape index (κ2) is 7.49. The Labute approximate surface area is 144 Å². The van der Waals surface area contributed by atoms with E-state index in [9.17, 15) is 0 Å². The van der Waals surface area contributed by atoms with Gasteiger partial charge in [0.15, 0.2) is 5.11 Å². The maximum Gasteiger partial charge on any atom is 0.169 e. The van der Waals surface area contributed by atoms with Gasteiger partial charge in [0, 0.05) is 45.0 Å². The molecule has 0 unspecified atom stereocenters. The number of aryl methyl sites for hydroxylation is 2. The third-order valence-electron chi connectivity index (χ3n) is 4.78. The minimum atomic E-state index is 0.337. The van der Waals surface area contributed by atoms with E-state index < -0.39 is 0 Å². The molecule has 0 spiro atoms. The molecule has 2 saturated heterocycles. The number of anilines is 1. The molecule has 126 valence electrons. The van der Waals surface area contributed by atoms with Crippen LogP contribution in [0.1, 0.15) is 24.0 Å². The Morgan fingerprint density at radius 3 is 2.74 bits per heavy atom. The van der Waals surface area contributed by atoms with E-state index in [-0.39, 0.29) is 0 Å². The first-order valence-corrected chi connectivity index (χ1v) is 9.01. The van der Waals surface area contributed by atoms with Crippen LogP contribution in [0, 0.1) is 13.8 Å².